The summed E-state index contributed by atoms with van der Waals surface area (Å²) in [6.45, 7) is 4.60. The fraction of sp³-hybridized carbons (Fsp3) is 0.273. The third-order valence-corrected chi connectivity index (χ3v) is 3.34. The summed E-state index contributed by atoms with van der Waals surface area (Å²) in [6, 6.07) is 5.17. The standard InChI is InChI=1S/C11H12N2OS/c1-8-9(2)15-10(12-8)7-13-6-4-3-5-11(13)14/h3-6H,7H2,1-2H3. The fourth-order valence-corrected chi connectivity index (χ4v) is 2.28. The Hall–Kier alpha value is -1.42. The van der Waals surface area contributed by atoms with Gasteiger partial charge in [-0.05, 0) is 19.9 Å². The van der Waals surface area contributed by atoms with E-state index >= 15 is 0 Å². The zero-order valence-electron chi connectivity index (χ0n) is 8.73. The van der Waals surface area contributed by atoms with Gasteiger partial charge in [0.1, 0.15) is 5.01 Å². The maximum atomic E-state index is 11.5. The van der Waals surface area contributed by atoms with Crippen molar-refractivity contribution in [1.82, 2.24) is 9.55 Å². The Kier molecular flexibility index (Phi) is 2.68. The topological polar surface area (TPSA) is 34.9 Å². The molecule has 0 unspecified atom stereocenters. The monoisotopic (exact) mass is 220 g/mol. The normalized spacial score (nSPS) is 10.5. The van der Waals surface area contributed by atoms with Crippen LogP contribution in [-0.4, -0.2) is 9.55 Å². The highest BCUT2D eigenvalue weighted by atomic mass is 32.1. The van der Waals surface area contributed by atoms with Gasteiger partial charge in [0.05, 0.1) is 12.2 Å². The molecule has 0 spiro atoms. The van der Waals surface area contributed by atoms with Gasteiger partial charge in [-0.2, -0.15) is 0 Å². The van der Waals surface area contributed by atoms with Crippen LogP contribution in [0.15, 0.2) is 29.2 Å². The Bertz CT molecular complexity index is 508. The summed E-state index contributed by atoms with van der Waals surface area (Å²) in [6.07, 6.45) is 1.79. The van der Waals surface area contributed by atoms with Crippen molar-refractivity contribution < 1.29 is 0 Å². The lowest BCUT2D eigenvalue weighted by Gasteiger charge is -2.00. The summed E-state index contributed by atoms with van der Waals surface area (Å²) in [7, 11) is 0. The van der Waals surface area contributed by atoms with Gasteiger partial charge in [-0.1, -0.05) is 6.07 Å². The highest BCUT2D eigenvalue weighted by Gasteiger charge is 2.04. The van der Waals surface area contributed by atoms with Crippen molar-refractivity contribution >= 4 is 11.3 Å². The largest absolute Gasteiger partial charge is 0.309 e. The fourth-order valence-electron chi connectivity index (χ4n) is 1.34. The van der Waals surface area contributed by atoms with Crippen molar-refractivity contribution in [2.75, 3.05) is 0 Å². The Morgan fingerprint density at radius 1 is 1.40 bits per heavy atom. The number of aryl methyl sites for hydroxylation is 2. The van der Waals surface area contributed by atoms with Crippen molar-refractivity contribution in [2.45, 2.75) is 20.4 Å². The van der Waals surface area contributed by atoms with E-state index in [1.54, 1.807) is 34.2 Å². The third-order valence-electron chi connectivity index (χ3n) is 2.28. The second kappa shape index (κ2) is 3.98. The molecule has 2 rings (SSSR count). The Labute approximate surface area is 92.0 Å². The number of pyridine rings is 1. The van der Waals surface area contributed by atoms with Gasteiger partial charge in [-0.3, -0.25) is 4.79 Å². The van der Waals surface area contributed by atoms with Crippen LogP contribution in [0.2, 0.25) is 0 Å². The van der Waals surface area contributed by atoms with E-state index < -0.39 is 0 Å². The summed E-state index contributed by atoms with van der Waals surface area (Å²) < 4.78 is 1.66. The van der Waals surface area contributed by atoms with E-state index in [4.69, 9.17) is 0 Å². The lowest BCUT2D eigenvalue weighted by atomic mass is 10.4. The van der Waals surface area contributed by atoms with Gasteiger partial charge >= 0.3 is 0 Å². The lowest BCUT2D eigenvalue weighted by molar-refractivity contribution is 0.752. The molecule has 0 N–H and O–H groups in total. The van der Waals surface area contributed by atoms with Gasteiger partial charge in [0, 0.05) is 17.1 Å². The van der Waals surface area contributed by atoms with Crippen LogP contribution >= 0.6 is 11.3 Å². The first kappa shape index (κ1) is 10.1. The van der Waals surface area contributed by atoms with E-state index in [2.05, 4.69) is 4.98 Å². The molecule has 2 aromatic rings. The van der Waals surface area contributed by atoms with Crippen molar-refractivity contribution in [1.29, 1.82) is 0 Å². The molecule has 0 saturated carbocycles. The first-order chi connectivity index (χ1) is 7.16. The molecule has 2 heterocycles. The van der Waals surface area contributed by atoms with Crippen LogP contribution in [0.3, 0.4) is 0 Å². The smallest absolute Gasteiger partial charge is 0.250 e. The zero-order valence-corrected chi connectivity index (χ0v) is 9.54. The third kappa shape index (κ3) is 2.15. The number of nitrogens with zero attached hydrogens (tertiary/aromatic N) is 2. The highest BCUT2D eigenvalue weighted by Crippen LogP contribution is 2.16. The van der Waals surface area contributed by atoms with E-state index in [-0.39, 0.29) is 5.56 Å². The summed E-state index contributed by atoms with van der Waals surface area (Å²) in [5.74, 6) is 0. The number of thiazole rings is 1. The molecule has 0 aliphatic heterocycles. The van der Waals surface area contributed by atoms with Crippen LogP contribution in [0.1, 0.15) is 15.6 Å². The summed E-state index contributed by atoms with van der Waals surface area (Å²) in [5, 5.41) is 0.985. The van der Waals surface area contributed by atoms with E-state index in [0.717, 1.165) is 10.7 Å². The molecule has 3 nitrogen and oxygen atoms in total. The molecule has 0 aliphatic carbocycles. The van der Waals surface area contributed by atoms with Crippen molar-refractivity contribution in [3.05, 3.63) is 50.3 Å². The zero-order chi connectivity index (χ0) is 10.8. The van der Waals surface area contributed by atoms with Gasteiger partial charge in [-0.15, -0.1) is 11.3 Å². The quantitative estimate of drug-likeness (QED) is 0.775. The minimum Gasteiger partial charge on any atom is -0.309 e. The van der Waals surface area contributed by atoms with Gasteiger partial charge in [0.15, 0.2) is 0 Å². The summed E-state index contributed by atoms with van der Waals surface area (Å²) >= 11 is 1.65. The molecule has 0 aromatic carbocycles. The van der Waals surface area contributed by atoms with Crippen LogP contribution < -0.4 is 5.56 Å². The molecule has 0 aliphatic rings. The number of rotatable bonds is 2. The second-order valence-electron chi connectivity index (χ2n) is 3.42. The average molecular weight is 220 g/mol. The molecule has 0 fully saturated rings. The van der Waals surface area contributed by atoms with Gasteiger partial charge in [-0.25, -0.2) is 4.98 Å². The molecular weight excluding hydrogens is 208 g/mol. The van der Waals surface area contributed by atoms with E-state index in [0.29, 0.717) is 6.54 Å². The van der Waals surface area contributed by atoms with Crippen molar-refractivity contribution in [2.24, 2.45) is 0 Å². The molecule has 0 saturated heterocycles. The molecule has 0 atom stereocenters. The molecule has 4 heteroatoms. The number of aromatic nitrogens is 2. The van der Waals surface area contributed by atoms with Crippen LogP contribution in [0, 0.1) is 13.8 Å². The Morgan fingerprint density at radius 2 is 2.20 bits per heavy atom. The Balaban J connectivity index is 2.30. The highest BCUT2D eigenvalue weighted by molar-refractivity contribution is 7.11. The van der Waals surface area contributed by atoms with Crippen LogP contribution in [0.25, 0.3) is 0 Å². The minimum atomic E-state index is 0.0167. The number of hydrogen-bond acceptors (Lipinski definition) is 3. The first-order valence-corrected chi connectivity index (χ1v) is 5.57. The number of hydrogen-bond donors (Lipinski definition) is 0. The van der Waals surface area contributed by atoms with E-state index in [1.807, 2.05) is 19.9 Å². The summed E-state index contributed by atoms with van der Waals surface area (Å²) in [5.41, 5.74) is 1.07. The van der Waals surface area contributed by atoms with Gasteiger partial charge < -0.3 is 4.57 Å². The molecular formula is C11H12N2OS. The molecule has 0 amide bonds. The average Bonchev–Trinajstić information content (AvgIpc) is 2.50. The molecule has 78 valence electrons. The predicted molar refractivity (Wildman–Crippen MR) is 61.4 cm³/mol. The lowest BCUT2D eigenvalue weighted by Crippen LogP contribution is -2.18. The maximum Gasteiger partial charge on any atom is 0.250 e. The summed E-state index contributed by atoms with van der Waals surface area (Å²) in [4.78, 5) is 17.1. The minimum absolute atomic E-state index is 0.0167. The van der Waals surface area contributed by atoms with Gasteiger partial charge in [0.25, 0.3) is 5.56 Å². The molecule has 0 radical (unpaired) electrons. The van der Waals surface area contributed by atoms with E-state index in [9.17, 15) is 4.79 Å². The Morgan fingerprint density at radius 3 is 2.80 bits per heavy atom. The van der Waals surface area contributed by atoms with E-state index in [1.165, 1.54) is 4.88 Å². The van der Waals surface area contributed by atoms with Crippen molar-refractivity contribution in [3.8, 4) is 0 Å². The van der Waals surface area contributed by atoms with Crippen LogP contribution in [0.4, 0.5) is 0 Å². The second-order valence-corrected chi connectivity index (χ2v) is 4.70. The SMILES string of the molecule is Cc1nc(Cn2ccccc2=O)sc1C. The van der Waals surface area contributed by atoms with Crippen LogP contribution in [-0.2, 0) is 6.54 Å². The van der Waals surface area contributed by atoms with Crippen molar-refractivity contribution in [3.63, 3.8) is 0 Å². The van der Waals surface area contributed by atoms with Gasteiger partial charge in [0.2, 0.25) is 0 Å². The molecule has 0 bridgehead atoms. The maximum absolute atomic E-state index is 11.5. The first-order valence-electron chi connectivity index (χ1n) is 4.75. The molecule has 2 aromatic heterocycles. The van der Waals surface area contributed by atoms with Crippen LogP contribution in [0.5, 0.6) is 0 Å². The molecule has 15 heavy (non-hydrogen) atoms. The predicted octanol–water partition coefficient (Wildman–Crippen LogP) is 1.97.